The summed E-state index contributed by atoms with van der Waals surface area (Å²) in [6, 6.07) is 6.70. The van der Waals surface area contributed by atoms with Crippen molar-refractivity contribution in [2.75, 3.05) is 30.0 Å². The first kappa shape index (κ1) is 21.0. The molecule has 0 spiro atoms. The van der Waals surface area contributed by atoms with E-state index in [0.29, 0.717) is 6.04 Å². The maximum atomic E-state index is 11.3. The van der Waals surface area contributed by atoms with Crippen LogP contribution in [0.25, 0.3) is 0 Å². The molecule has 1 aromatic carbocycles. The zero-order valence-electron chi connectivity index (χ0n) is 17.2. The molecular formula is C22H30N4O3. The predicted octanol–water partition coefficient (Wildman–Crippen LogP) is 4.19. The van der Waals surface area contributed by atoms with Gasteiger partial charge in [0, 0.05) is 25.8 Å². The lowest BCUT2D eigenvalue weighted by Gasteiger charge is -2.36. The normalized spacial score (nSPS) is 15.7. The van der Waals surface area contributed by atoms with Crippen molar-refractivity contribution in [2.24, 2.45) is 0 Å². The number of aliphatic carboxylic acids is 1. The number of nitrogens with one attached hydrogen (secondary N) is 1. The quantitative estimate of drug-likeness (QED) is 0.655. The van der Waals surface area contributed by atoms with E-state index in [4.69, 9.17) is 4.74 Å². The molecule has 1 unspecified atom stereocenters. The minimum Gasteiger partial charge on any atom is -0.481 e. The zero-order valence-corrected chi connectivity index (χ0v) is 17.2. The highest BCUT2D eigenvalue weighted by Gasteiger charge is 2.24. The van der Waals surface area contributed by atoms with Crippen LogP contribution in [0.3, 0.4) is 0 Å². The van der Waals surface area contributed by atoms with E-state index >= 15 is 0 Å². The average Bonchev–Trinajstić information content (AvgIpc) is 2.75. The summed E-state index contributed by atoms with van der Waals surface area (Å²) in [5.74, 6) is -0.795. The Morgan fingerprint density at radius 3 is 2.62 bits per heavy atom. The second-order valence-electron chi connectivity index (χ2n) is 7.36. The minimum atomic E-state index is -0.774. The van der Waals surface area contributed by atoms with E-state index in [2.05, 4.69) is 45.3 Å². The van der Waals surface area contributed by atoms with E-state index in [1.54, 1.807) is 12.4 Å². The first-order chi connectivity index (χ1) is 14.1. The van der Waals surface area contributed by atoms with Crippen LogP contribution >= 0.6 is 0 Å². The van der Waals surface area contributed by atoms with E-state index in [9.17, 15) is 9.90 Å². The summed E-state index contributed by atoms with van der Waals surface area (Å²) >= 11 is 0. The number of hydrogen-bond donors (Lipinski definition) is 2. The van der Waals surface area contributed by atoms with Crippen LogP contribution in [0.15, 0.2) is 36.9 Å². The first-order valence-electron chi connectivity index (χ1n) is 10.3. The van der Waals surface area contributed by atoms with Crippen LogP contribution in [0, 0.1) is 0 Å². The summed E-state index contributed by atoms with van der Waals surface area (Å²) in [5.41, 5.74) is 3.90. The molecule has 0 radical (unpaired) electrons. The molecule has 1 aromatic heterocycles. The molecule has 7 heteroatoms. The molecule has 1 atom stereocenters. The van der Waals surface area contributed by atoms with Crippen LogP contribution < -0.4 is 10.2 Å². The van der Waals surface area contributed by atoms with Crippen LogP contribution in [0.1, 0.15) is 51.0 Å². The van der Waals surface area contributed by atoms with E-state index in [0.717, 1.165) is 61.6 Å². The summed E-state index contributed by atoms with van der Waals surface area (Å²) < 4.78 is 5.54. The van der Waals surface area contributed by atoms with Gasteiger partial charge in [-0.2, -0.15) is 0 Å². The number of carbonyl (C=O) groups is 1. The molecule has 1 saturated heterocycles. The molecule has 0 aliphatic carbocycles. The number of hydrogen-bond acceptors (Lipinski definition) is 6. The molecule has 1 fully saturated rings. The van der Waals surface area contributed by atoms with Gasteiger partial charge in [-0.05, 0) is 49.8 Å². The number of carboxylic acids is 1. The highest BCUT2D eigenvalue weighted by Crippen LogP contribution is 2.36. The van der Waals surface area contributed by atoms with Gasteiger partial charge in [0.2, 0.25) is 0 Å². The third-order valence-corrected chi connectivity index (χ3v) is 5.53. The van der Waals surface area contributed by atoms with Gasteiger partial charge in [0.15, 0.2) is 0 Å². The monoisotopic (exact) mass is 398 g/mol. The fraction of sp³-hybridized carbons (Fsp3) is 0.500. The number of rotatable bonds is 9. The van der Waals surface area contributed by atoms with Gasteiger partial charge in [-0.3, -0.25) is 4.79 Å². The van der Waals surface area contributed by atoms with Gasteiger partial charge in [0.1, 0.15) is 6.33 Å². The first-order valence-corrected chi connectivity index (χ1v) is 10.3. The van der Waals surface area contributed by atoms with Crippen molar-refractivity contribution in [1.29, 1.82) is 0 Å². The Morgan fingerprint density at radius 1 is 1.28 bits per heavy atom. The lowest BCUT2D eigenvalue weighted by Crippen LogP contribution is -2.39. The Hall–Kier alpha value is -2.67. The molecule has 7 nitrogen and oxygen atoms in total. The average molecular weight is 399 g/mol. The van der Waals surface area contributed by atoms with E-state index in [-0.39, 0.29) is 12.3 Å². The minimum absolute atomic E-state index is 0.0210. The van der Waals surface area contributed by atoms with E-state index in [1.807, 2.05) is 6.92 Å². The van der Waals surface area contributed by atoms with Gasteiger partial charge in [0.25, 0.3) is 0 Å². The SMILES string of the molecule is CCC(CC(=O)O)c1ccc(N(CC)C2CCOCC2)c(Nc2cncnc2)c1. The van der Waals surface area contributed by atoms with Crippen molar-refractivity contribution >= 4 is 23.0 Å². The van der Waals surface area contributed by atoms with Crippen molar-refractivity contribution in [3.63, 3.8) is 0 Å². The summed E-state index contributed by atoms with van der Waals surface area (Å²) in [6.07, 6.45) is 7.88. The molecule has 0 amide bonds. The third kappa shape index (κ3) is 5.44. The van der Waals surface area contributed by atoms with Gasteiger partial charge in [-0.15, -0.1) is 0 Å². The van der Waals surface area contributed by atoms with Crippen molar-refractivity contribution in [1.82, 2.24) is 9.97 Å². The predicted molar refractivity (Wildman–Crippen MR) is 114 cm³/mol. The highest BCUT2D eigenvalue weighted by atomic mass is 16.5. The molecule has 3 rings (SSSR count). The van der Waals surface area contributed by atoms with E-state index < -0.39 is 5.97 Å². The van der Waals surface area contributed by atoms with Gasteiger partial charge in [-0.25, -0.2) is 9.97 Å². The smallest absolute Gasteiger partial charge is 0.303 e. The number of ether oxygens (including phenoxy) is 1. The molecule has 2 N–H and O–H groups in total. The fourth-order valence-corrected chi connectivity index (χ4v) is 4.01. The van der Waals surface area contributed by atoms with Gasteiger partial charge in [-0.1, -0.05) is 13.0 Å². The highest BCUT2D eigenvalue weighted by molar-refractivity contribution is 5.76. The number of aromatic nitrogens is 2. The molecular weight excluding hydrogens is 368 g/mol. The second kappa shape index (κ2) is 10.2. The molecule has 2 heterocycles. The van der Waals surface area contributed by atoms with Gasteiger partial charge >= 0.3 is 5.97 Å². The Morgan fingerprint density at radius 2 is 2.00 bits per heavy atom. The summed E-state index contributed by atoms with van der Waals surface area (Å²) in [5, 5.41) is 12.7. The Labute approximate surface area is 172 Å². The largest absolute Gasteiger partial charge is 0.481 e. The lowest BCUT2D eigenvalue weighted by atomic mass is 9.92. The number of benzene rings is 1. The second-order valence-corrected chi connectivity index (χ2v) is 7.36. The number of nitrogens with zero attached hydrogens (tertiary/aromatic N) is 3. The maximum absolute atomic E-state index is 11.3. The molecule has 1 aliphatic rings. The third-order valence-electron chi connectivity index (χ3n) is 5.53. The summed E-state index contributed by atoms with van der Waals surface area (Å²) in [6.45, 7) is 6.64. The zero-order chi connectivity index (χ0) is 20.6. The molecule has 0 saturated carbocycles. The van der Waals surface area contributed by atoms with Gasteiger partial charge < -0.3 is 20.1 Å². The van der Waals surface area contributed by atoms with Crippen molar-refractivity contribution in [3.8, 4) is 0 Å². The van der Waals surface area contributed by atoms with Crippen LogP contribution in [0.5, 0.6) is 0 Å². The molecule has 0 bridgehead atoms. The van der Waals surface area contributed by atoms with E-state index in [1.165, 1.54) is 6.33 Å². The molecule has 29 heavy (non-hydrogen) atoms. The molecule has 2 aromatic rings. The van der Waals surface area contributed by atoms with Crippen LogP contribution in [0.2, 0.25) is 0 Å². The number of anilines is 3. The van der Waals surface area contributed by atoms with Crippen LogP contribution in [-0.4, -0.2) is 46.8 Å². The Balaban J connectivity index is 1.97. The fourth-order valence-electron chi connectivity index (χ4n) is 4.01. The lowest BCUT2D eigenvalue weighted by molar-refractivity contribution is -0.137. The molecule has 156 valence electrons. The molecule has 1 aliphatic heterocycles. The maximum Gasteiger partial charge on any atom is 0.303 e. The standard InChI is InChI=1S/C22H30N4O3/c1-3-16(12-22(27)28)17-5-6-21(26(4-2)19-7-9-29-10-8-19)20(11-17)25-18-13-23-15-24-14-18/h5-6,11,13-16,19,25H,3-4,7-10,12H2,1-2H3,(H,27,28). The summed E-state index contributed by atoms with van der Waals surface area (Å²) in [4.78, 5) is 21.9. The summed E-state index contributed by atoms with van der Waals surface area (Å²) in [7, 11) is 0. The topological polar surface area (TPSA) is 87.6 Å². The van der Waals surface area contributed by atoms with Crippen molar-refractivity contribution < 1.29 is 14.6 Å². The van der Waals surface area contributed by atoms with Gasteiger partial charge in [0.05, 0.1) is 35.9 Å². The van der Waals surface area contributed by atoms with Crippen molar-refractivity contribution in [3.05, 3.63) is 42.5 Å². The van der Waals surface area contributed by atoms with Crippen molar-refractivity contribution in [2.45, 2.75) is 51.5 Å². The number of carboxylic acid groups (broad SMARTS) is 1. The van der Waals surface area contributed by atoms with Crippen LogP contribution in [0.4, 0.5) is 17.1 Å². The Kier molecular flexibility index (Phi) is 7.41. The van der Waals surface area contributed by atoms with Crippen LogP contribution in [-0.2, 0) is 9.53 Å². The Bertz CT molecular complexity index is 794.